The highest BCUT2D eigenvalue weighted by atomic mass is 32.2. The lowest BCUT2D eigenvalue weighted by Gasteiger charge is -2.19. The van der Waals surface area contributed by atoms with Crippen LogP contribution in [0.2, 0.25) is 0 Å². The molecule has 0 aliphatic rings. The van der Waals surface area contributed by atoms with Crippen molar-refractivity contribution in [3.8, 4) is 0 Å². The number of likely N-dealkylation sites (N-methyl/N-ethyl adjacent to an activating group) is 1. The van der Waals surface area contributed by atoms with E-state index >= 15 is 0 Å². The van der Waals surface area contributed by atoms with Gasteiger partial charge in [-0.05, 0) is 44.8 Å². The summed E-state index contributed by atoms with van der Waals surface area (Å²) in [4.78, 5) is 12.5. The van der Waals surface area contributed by atoms with Crippen molar-refractivity contribution in [1.29, 1.82) is 0 Å². The zero-order chi connectivity index (χ0) is 16.0. The second-order valence-corrected chi connectivity index (χ2v) is 6.67. The number of hydrogen-bond donors (Lipinski definition) is 2. The van der Waals surface area contributed by atoms with Crippen LogP contribution in [0.1, 0.15) is 12.5 Å². The van der Waals surface area contributed by atoms with Crippen molar-refractivity contribution in [1.82, 2.24) is 9.62 Å². The average Bonchev–Trinajstić information content (AvgIpc) is 2.43. The Bertz CT molecular complexity index is 606. The molecule has 1 aromatic rings. The second kappa shape index (κ2) is 7.35. The largest absolute Gasteiger partial charge is 0.478 e. The number of aliphatic carboxylic acids is 1. The summed E-state index contributed by atoms with van der Waals surface area (Å²) in [7, 11) is 0.201. The molecule has 21 heavy (non-hydrogen) atoms. The van der Waals surface area contributed by atoms with Crippen LogP contribution in [-0.2, 0) is 14.8 Å². The molecule has 2 N–H and O–H groups in total. The summed E-state index contributed by atoms with van der Waals surface area (Å²) >= 11 is 0. The molecular formula is C14H20N2O4S. The third-order valence-corrected chi connectivity index (χ3v) is 4.50. The van der Waals surface area contributed by atoms with Gasteiger partial charge in [-0.15, -0.1) is 0 Å². The van der Waals surface area contributed by atoms with Gasteiger partial charge in [0.2, 0.25) is 10.0 Å². The van der Waals surface area contributed by atoms with Gasteiger partial charge in [0, 0.05) is 18.7 Å². The Morgan fingerprint density at radius 1 is 1.33 bits per heavy atom. The van der Waals surface area contributed by atoms with Gasteiger partial charge in [-0.2, -0.15) is 0 Å². The van der Waals surface area contributed by atoms with E-state index in [4.69, 9.17) is 5.11 Å². The maximum absolute atomic E-state index is 12.1. The highest BCUT2D eigenvalue weighted by Gasteiger charge is 2.15. The number of nitrogens with one attached hydrogen (secondary N) is 1. The molecular weight excluding hydrogens is 292 g/mol. The maximum Gasteiger partial charge on any atom is 0.328 e. The van der Waals surface area contributed by atoms with Crippen LogP contribution in [0.3, 0.4) is 0 Å². The minimum Gasteiger partial charge on any atom is -0.478 e. The molecule has 0 saturated heterocycles. The van der Waals surface area contributed by atoms with Crippen LogP contribution in [0.15, 0.2) is 35.2 Å². The average molecular weight is 312 g/mol. The number of rotatable bonds is 7. The minimum atomic E-state index is -3.55. The van der Waals surface area contributed by atoms with Crippen molar-refractivity contribution in [3.63, 3.8) is 0 Å². The number of carboxylic acids is 1. The van der Waals surface area contributed by atoms with E-state index in [1.807, 2.05) is 25.9 Å². The molecule has 1 aromatic carbocycles. The van der Waals surface area contributed by atoms with E-state index in [2.05, 4.69) is 4.72 Å². The predicted molar refractivity (Wildman–Crippen MR) is 81.4 cm³/mol. The van der Waals surface area contributed by atoms with Gasteiger partial charge in [0.25, 0.3) is 0 Å². The van der Waals surface area contributed by atoms with Gasteiger partial charge in [-0.1, -0.05) is 12.1 Å². The second-order valence-electron chi connectivity index (χ2n) is 4.91. The summed E-state index contributed by atoms with van der Waals surface area (Å²) in [6.45, 7) is 2.23. The number of sulfonamides is 1. The van der Waals surface area contributed by atoms with Gasteiger partial charge in [0.15, 0.2) is 0 Å². The van der Waals surface area contributed by atoms with E-state index in [1.165, 1.54) is 18.2 Å². The summed E-state index contributed by atoms with van der Waals surface area (Å²) in [6, 6.07) is 6.10. The van der Waals surface area contributed by atoms with E-state index in [0.717, 1.165) is 6.08 Å². The normalized spacial score (nSPS) is 13.7. The third kappa shape index (κ3) is 5.66. The fraction of sp³-hybridized carbons (Fsp3) is 0.357. The highest BCUT2D eigenvalue weighted by molar-refractivity contribution is 7.89. The molecule has 0 spiro atoms. The Kier molecular flexibility index (Phi) is 6.07. The van der Waals surface area contributed by atoms with Gasteiger partial charge >= 0.3 is 5.97 Å². The Labute approximate surface area is 125 Å². The van der Waals surface area contributed by atoms with E-state index in [1.54, 1.807) is 12.1 Å². The number of carboxylic acid groups (broad SMARTS) is 1. The van der Waals surface area contributed by atoms with Gasteiger partial charge in [-0.3, -0.25) is 0 Å². The van der Waals surface area contributed by atoms with Crippen molar-refractivity contribution in [2.75, 3.05) is 20.6 Å². The van der Waals surface area contributed by atoms with E-state index < -0.39 is 16.0 Å². The quantitative estimate of drug-likeness (QED) is 0.734. The van der Waals surface area contributed by atoms with Gasteiger partial charge in [0.05, 0.1) is 4.90 Å². The van der Waals surface area contributed by atoms with Crippen molar-refractivity contribution in [3.05, 3.63) is 35.9 Å². The molecule has 1 unspecified atom stereocenters. The smallest absolute Gasteiger partial charge is 0.328 e. The van der Waals surface area contributed by atoms with Crippen molar-refractivity contribution in [2.24, 2.45) is 0 Å². The molecule has 0 amide bonds. The fourth-order valence-electron chi connectivity index (χ4n) is 1.42. The van der Waals surface area contributed by atoms with E-state index in [-0.39, 0.29) is 10.9 Å². The van der Waals surface area contributed by atoms with E-state index in [0.29, 0.717) is 12.1 Å². The molecule has 116 valence electrons. The molecule has 0 fully saturated rings. The molecule has 0 saturated carbocycles. The topological polar surface area (TPSA) is 86.7 Å². The number of hydrogen-bond acceptors (Lipinski definition) is 4. The van der Waals surface area contributed by atoms with E-state index in [9.17, 15) is 13.2 Å². The summed E-state index contributed by atoms with van der Waals surface area (Å²) in [6.07, 6.45) is 2.40. The molecule has 0 aliphatic heterocycles. The first-order valence-corrected chi connectivity index (χ1v) is 7.88. The minimum absolute atomic E-state index is 0.0811. The van der Waals surface area contributed by atoms with Gasteiger partial charge < -0.3 is 10.0 Å². The molecule has 0 heterocycles. The molecule has 1 rings (SSSR count). The molecule has 0 bridgehead atoms. The predicted octanol–water partition coefficient (Wildman–Crippen LogP) is 1.01. The monoisotopic (exact) mass is 312 g/mol. The van der Waals surface area contributed by atoms with Crippen LogP contribution in [-0.4, -0.2) is 51.1 Å². The molecule has 6 nitrogen and oxygen atoms in total. The molecule has 0 aromatic heterocycles. The SMILES string of the molecule is CC(CNS(=O)(=O)c1ccc(/C=C/C(=O)O)cc1)N(C)C. The van der Waals surface area contributed by atoms with Gasteiger partial charge in [-0.25, -0.2) is 17.9 Å². The molecule has 0 aliphatic carbocycles. The zero-order valence-electron chi connectivity index (χ0n) is 12.3. The lowest BCUT2D eigenvalue weighted by molar-refractivity contribution is -0.131. The zero-order valence-corrected chi connectivity index (χ0v) is 13.1. The van der Waals surface area contributed by atoms with Crippen LogP contribution in [0.25, 0.3) is 6.08 Å². The van der Waals surface area contributed by atoms with Crippen LogP contribution >= 0.6 is 0 Å². The van der Waals surface area contributed by atoms with Crippen molar-refractivity contribution < 1.29 is 18.3 Å². The fourth-order valence-corrected chi connectivity index (χ4v) is 2.54. The summed E-state index contributed by atoms with van der Waals surface area (Å²) in [5.41, 5.74) is 0.623. The summed E-state index contributed by atoms with van der Waals surface area (Å²) in [5.74, 6) is -1.05. The number of nitrogens with zero attached hydrogens (tertiary/aromatic N) is 1. The maximum atomic E-state index is 12.1. The lowest BCUT2D eigenvalue weighted by Crippen LogP contribution is -2.38. The Morgan fingerprint density at radius 3 is 2.38 bits per heavy atom. The third-order valence-electron chi connectivity index (χ3n) is 3.06. The molecule has 1 atom stereocenters. The first kappa shape index (κ1) is 17.4. The van der Waals surface area contributed by atoms with Crippen molar-refractivity contribution in [2.45, 2.75) is 17.9 Å². The van der Waals surface area contributed by atoms with Crippen LogP contribution in [0, 0.1) is 0 Å². The van der Waals surface area contributed by atoms with Crippen LogP contribution < -0.4 is 4.72 Å². The first-order valence-electron chi connectivity index (χ1n) is 6.39. The standard InChI is InChI=1S/C14H20N2O4S/c1-11(16(2)3)10-15-21(19,20)13-7-4-12(5-8-13)6-9-14(17)18/h4-9,11,15H,10H2,1-3H3,(H,17,18)/b9-6+. The number of benzene rings is 1. The molecule has 7 heteroatoms. The Balaban J connectivity index is 2.78. The Hall–Kier alpha value is -1.70. The van der Waals surface area contributed by atoms with Gasteiger partial charge in [0.1, 0.15) is 0 Å². The van der Waals surface area contributed by atoms with Crippen LogP contribution in [0.4, 0.5) is 0 Å². The Morgan fingerprint density at radius 2 is 1.90 bits per heavy atom. The van der Waals surface area contributed by atoms with Crippen LogP contribution in [0.5, 0.6) is 0 Å². The van der Waals surface area contributed by atoms with Crippen molar-refractivity contribution >= 4 is 22.1 Å². The highest BCUT2D eigenvalue weighted by Crippen LogP contribution is 2.11. The lowest BCUT2D eigenvalue weighted by atomic mass is 10.2. The molecule has 0 radical (unpaired) electrons. The first-order chi connectivity index (χ1) is 9.72. The summed E-state index contributed by atoms with van der Waals surface area (Å²) < 4.78 is 26.7. The summed E-state index contributed by atoms with van der Waals surface area (Å²) in [5, 5.41) is 8.53. The number of carbonyl (C=O) groups is 1.